The van der Waals surface area contributed by atoms with Gasteiger partial charge in [0.2, 0.25) is 0 Å². The van der Waals surface area contributed by atoms with E-state index in [9.17, 15) is 21.6 Å². The first-order valence-corrected chi connectivity index (χ1v) is 14.3. The van der Waals surface area contributed by atoms with Crippen LogP contribution in [0.4, 0.5) is 17.1 Å². The summed E-state index contributed by atoms with van der Waals surface area (Å²) in [5.41, 5.74) is 1.96. The zero-order chi connectivity index (χ0) is 26.6. The molecule has 3 N–H and O–H groups in total. The predicted molar refractivity (Wildman–Crippen MR) is 145 cm³/mol. The Morgan fingerprint density at radius 3 is 2.03 bits per heavy atom. The molecule has 4 aromatic rings. The van der Waals surface area contributed by atoms with E-state index in [4.69, 9.17) is 11.6 Å². The molecule has 4 aromatic carbocycles. The normalized spacial score (nSPS) is 11.5. The molecule has 0 unspecified atom stereocenters. The molecule has 0 fully saturated rings. The van der Waals surface area contributed by atoms with E-state index in [0.29, 0.717) is 17.1 Å². The molecule has 0 aliphatic heterocycles. The van der Waals surface area contributed by atoms with Gasteiger partial charge in [-0.3, -0.25) is 14.2 Å². The quantitative estimate of drug-likeness (QED) is 0.265. The lowest BCUT2D eigenvalue weighted by molar-refractivity contribution is 0.102. The standard InChI is InChI=1S/C26H22ClN3O5S2/c1-18-7-5-6-10-24(18)30-36(32,33)22-14-12-20(13-15-22)28-26(31)19-11-16-23(27)25(17-19)37(34,35)29-21-8-3-2-4-9-21/h2-17,29-30H,1H3,(H,28,31). The van der Waals surface area contributed by atoms with Gasteiger partial charge in [-0.1, -0.05) is 48.0 Å². The molecule has 0 aromatic heterocycles. The highest BCUT2D eigenvalue weighted by molar-refractivity contribution is 7.93. The molecule has 8 nitrogen and oxygen atoms in total. The molecule has 0 aliphatic rings. The van der Waals surface area contributed by atoms with Crippen molar-refractivity contribution in [1.29, 1.82) is 0 Å². The van der Waals surface area contributed by atoms with E-state index in [1.807, 2.05) is 6.07 Å². The Kier molecular flexibility index (Phi) is 7.53. The maximum Gasteiger partial charge on any atom is 0.263 e. The van der Waals surface area contributed by atoms with E-state index in [0.717, 1.165) is 5.56 Å². The van der Waals surface area contributed by atoms with Crippen LogP contribution in [0.1, 0.15) is 15.9 Å². The van der Waals surface area contributed by atoms with Crippen molar-refractivity contribution in [1.82, 2.24) is 0 Å². The molecule has 0 heterocycles. The van der Waals surface area contributed by atoms with E-state index in [-0.39, 0.29) is 20.4 Å². The molecule has 0 spiro atoms. The van der Waals surface area contributed by atoms with Crippen LogP contribution >= 0.6 is 11.6 Å². The zero-order valence-electron chi connectivity index (χ0n) is 19.5. The van der Waals surface area contributed by atoms with Crippen molar-refractivity contribution in [2.24, 2.45) is 0 Å². The Bertz CT molecular complexity index is 1660. The summed E-state index contributed by atoms with van der Waals surface area (Å²) in [6.45, 7) is 1.79. The largest absolute Gasteiger partial charge is 0.322 e. The molecular formula is C26H22ClN3O5S2. The molecule has 1 amide bonds. The minimum Gasteiger partial charge on any atom is -0.322 e. The second-order valence-corrected chi connectivity index (χ2v) is 11.8. The van der Waals surface area contributed by atoms with Crippen LogP contribution in [0.2, 0.25) is 5.02 Å². The summed E-state index contributed by atoms with van der Waals surface area (Å²) >= 11 is 6.13. The van der Waals surface area contributed by atoms with Gasteiger partial charge in [-0.15, -0.1) is 0 Å². The molecule has 190 valence electrons. The van der Waals surface area contributed by atoms with Crippen LogP contribution < -0.4 is 14.8 Å². The van der Waals surface area contributed by atoms with Crippen molar-refractivity contribution >= 4 is 54.6 Å². The van der Waals surface area contributed by atoms with E-state index >= 15 is 0 Å². The summed E-state index contributed by atoms with van der Waals surface area (Å²) in [4.78, 5) is 12.6. The molecule has 0 bridgehead atoms. The monoisotopic (exact) mass is 555 g/mol. The first-order chi connectivity index (χ1) is 17.5. The number of amides is 1. The topological polar surface area (TPSA) is 121 Å². The number of hydrogen-bond acceptors (Lipinski definition) is 5. The zero-order valence-corrected chi connectivity index (χ0v) is 21.9. The van der Waals surface area contributed by atoms with Crippen molar-refractivity contribution in [3.63, 3.8) is 0 Å². The number of halogens is 1. The molecule has 0 atom stereocenters. The van der Waals surface area contributed by atoms with Crippen molar-refractivity contribution < 1.29 is 21.6 Å². The molecule has 0 saturated heterocycles. The molecule has 37 heavy (non-hydrogen) atoms. The van der Waals surface area contributed by atoms with Crippen LogP contribution in [0.5, 0.6) is 0 Å². The average molecular weight is 556 g/mol. The number of aryl methyl sites for hydroxylation is 1. The number of nitrogens with one attached hydrogen (secondary N) is 3. The van der Waals surface area contributed by atoms with Crippen LogP contribution in [0.25, 0.3) is 0 Å². The van der Waals surface area contributed by atoms with Gasteiger partial charge in [-0.2, -0.15) is 0 Å². The average Bonchev–Trinajstić information content (AvgIpc) is 2.86. The molecule has 0 radical (unpaired) electrons. The first-order valence-electron chi connectivity index (χ1n) is 10.9. The van der Waals surface area contributed by atoms with Crippen molar-refractivity contribution in [3.8, 4) is 0 Å². The second-order valence-electron chi connectivity index (χ2n) is 8.02. The Balaban J connectivity index is 1.50. The lowest BCUT2D eigenvalue weighted by Crippen LogP contribution is -2.17. The van der Waals surface area contributed by atoms with Gasteiger partial charge in [0.25, 0.3) is 26.0 Å². The summed E-state index contributed by atoms with van der Waals surface area (Å²) in [7, 11) is -7.90. The fraction of sp³-hybridized carbons (Fsp3) is 0.0385. The number of carbonyl (C=O) groups excluding carboxylic acids is 1. The van der Waals surface area contributed by atoms with Crippen molar-refractivity contribution in [2.75, 3.05) is 14.8 Å². The fourth-order valence-corrected chi connectivity index (χ4v) is 6.09. The van der Waals surface area contributed by atoms with Crippen molar-refractivity contribution in [3.05, 3.63) is 113 Å². The first kappa shape index (κ1) is 26.2. The molecule has 11 heteroatoms. The Morgan fingerprint density at radius 1 is 0.703 bits per heavy atom. The third-order valence-corrected chi connectivity index (χ3v) is 8.57. The number of anilines is 3. The number of hydrogen-bond donors (Lipinski definition) is 3. The SMILES string of the molecule is Cc1ccccc1NS(=O)(=O)c1ccc(NC(=O)c2ccc(Cl)c(S(=O)(=O)Nc3ccccc3)c2)cc1. The van der Waals surface area contributed by atoms with Gasteiger partial charge in [-0.05, 0) is 73.2 Å². The number of benzene rings is 4. The minimum atomic E-state index is -4.06. The lowest BCUT2D eigenvalue weighted by atomic mass is 10.2. The van der Waals surface area contributed by atoms with Gasteiger partial charge in [0.15, 0.2) is 0 Å². The molecule has 0 aliphatic carbocycles. The highest BCUT2D eigenvalue weighted by Crippen LogP contribution is 2.26. The Labute approximate surface area is 220 Å². The van der Waals surface area contributed by atoms with Gasteiger partial charge in [0.05, 0.1) is 15.6 Å². The third-order valence-electron chi connectivity index (χ3n) is 5.32. The molecule has 0 saturated carbocycles. The van der Waals surface area contributed by atoms with Crippen LogP contribution in [0, 0.1) is 6.92 Å². The number of para-hydroxylation sites is 2. The van der Waals surface area contributed by atoms with E-state index in [2.05, 4.69) is 14.8 Å². The summed E-state index contributed by atoms with van der Waals surface area (Å²) in [5.74, 6) is -0.596. The van der Waals surface area contributed by atoms with Crippen LogP contribution in [0.15, 0.2) is 107 Å². The summed E-state index contributed by atoms with van der Waals surface area (Å²) in [6.07, 6.45) is 0. The highest BCUT2D eigenvalue weighted by Gasteiger charge is 2.21. The van der Waals surface area contributed by atoms with Gasteiger partial charge in [0, 0.05) is 16.9 Å². The predicted octanol–water partition coefficient (Wildman–Crippen LogP) is 5.50. The third kappa shape index (κ3) is 6.29. The Hall–Kier alpha value is -3.86. The number of sulfonamides is 2. The van der Waals surface area contributed by atoms with Crippen LogP contribution in [-0.2, 0) is 20.0 Å². The highest BCUT2D eigenvalue weighted by atomic mass is 35.5. The maximum atomic E-state index is 12.8. The van der Waals surface area contributed by atoms with E-state index in [1.165, 1.54) is 42.5 Å². The van der Waals surface area contributed by atoms with Crippen LogP contribution in [-0.4, -0.2) is 22.7 Å². The number of rotatable bonds is 8. The summed E-state index contributed by atoms with van der Waals surface area (Å²) in [5, 5.41) is 2.59. The van der Waals surface area contributed by atoms with E-state index < -0.39 is 26.0 Å². The fourth-order valence-electron chi connectivity index (χ4n) is 3.38. The van der Waals surface area contributed by atoms with E-state index in [1.54, 1.807) is 55.5 Å². The molecular weight excluding hydrogens is 534 g/mol. The lowest BCUT2D eigenvalue weighted by Gasteiger charge is -2.12. The Morgan fingerprint density at radius 2 is 1.35 bits per heavy atom. The maximum absolute atomic E-state index is 12.8. The van der Waals surface area contributed by atoms with Crippen molar-refractivity contribution in [2.45, 2.75) is 16.7 Å². The smallest absolute Gasteiger partial charge is 0.263 e. The second kappa shape index (κ2) is 10.6. The van der Waals surface area contributed by atoms with Gasteiger partial charge in [-0.25, -0.2) is 16.8 Å². The van der Waals surface area contributed by atoms with Gasteiger partial charge in [0.1, 0.15) is 4.90 Å². The summed E-state index contributed by atoms with van der Waals surface area (Å²) < 4.78 is 56.1. The van der Waals surface area contributed by atoms with Crippen LogP contribution in [0.3, 0.4) is 0 Å². The number of carbonyl (C=O) groups is 1. The van der Waals surface area contributed by atoms with Gasteiger partial charge < -0.3 is 5.32 Å². The summed E-state index contributed by atoms with van der Waals surface area (Å²) in [6, 6.07) is 24.8. The minimum absolute atomic E-state index is 0.0145. The molecule has 4 rings (SSSR count). The van der Waals surface area contributed by atoms with Gasteiger partial charge >= 0.3 is 0 Å².